The minimum atomic E-state index is -3.67. The molecule has 2 N–H and O–H groups in total. The van der Waals surface area contributed by atoms with E-state index in [9.17, 15) is 8.42 Å². The fraction of sp³-hybridized carbons (Fsp3) is 0.500. The van der Waals surface area contributed by atoms with Gasteiger partial charge in [-0.3, -0.25) is 4.55 Å². The molecule has 1 rings (SSSR count). The number of hydrogen-bond acceptors (Lipinski definition) is 3. The Hall–Kier alpha value is -1.07. The van der Waals surface area contributed by atoms with E-state index in [0.29, 0.717) is 6.42 Å². The van der Waals surface area contributed by atoms with Crippen LogP contribution in [0.5, 0.6) is 0 Å². The maximum absolute atomic E-state index is 9.79. The number of rotatable bonds is 4. The highest BCUT2D eigenvalue weighted by Crippen LogP contribution is 2.08. The molecule has 1 aromatic rings. The molecule has 0 heterocycles. The Balaban J connectivity index is 0.000000325. The third-order valence-electron chi connectivity index (χ3n) is 1.86. The van der Waals surface area contributed by atoms with Crippen LogP contribution in [0.2, 0.25) is 0 Å². The first-order chi connectivity index (χ1) is 7.89. The molecular formula is C12H21NO3S. The Kier molecular flexibility index (Phi) is 7.58. The SMILES string of the molecule is CCCS(=O)(=O)O.CCNc1cccc(C)c1. The summed E-state index contributed by atoms with van der Waals surface area (Å²) in [4.78, 5) is 0. The van der Waals surface area contributed by atoms with Gasteiger partial charge in [-0.2, -0.15) is 8.42 Å². The van der Waals surface area contributed by atoms with Gasteiger partial charge in [0.05, 0.1) is 5.75 Å². The number of nitrogens with one attached hydrogen (secondary N) is 1. The second-order valence-corrected chi connectivity index (χ2v) is 5.26. The second kappa shape index (κ2) is 8.08. The van der Waals surface area contributed by atoms with E-state index in [2.05, 4.69) is 43.4 Å². The van der Waals surface area contributed by atoms with E-state index in [4.69, 9.17) is 4.55 Å². The van der Waals surface area contributed by atoms with Gasteiger partial charge in [-0.05, 0) is 38.0 Å². The Morgan fingerprint density at radius 2 is 1.94 bits per heavy atom. The van der Waals surface area contributed by atoms with E-state index in [1.54, 1.807) is 6.92 Å². The van der Waals surface area contributed by atoms with E-state index in [1.165, 1.54) is 11.3 Å². The van der Waals surface area contributed by atoms with Crippen molar-refractivity contribution in [1.29, 1.82) is 0 Å². The van der Waals surface area contributed by atoms with Gasteiger partial charge in [0.2, 0.25) is 0 Å². The van der Waals surface area contributed by atoms with Crippen LogP contribution in [0.3, 0.4) is 0 Å². The number of hydrogen-bond donors (Lipinski definition) is 2. The lowest BCUT2D eigenvalue weighted by molar-refractivity contribution is 0.482. The summed E-state index contributed by atoms with van der Waals surface area (Å²) in [5, 5.41) is 3.25. The molecule has 4 nitrogen and oxygen atoms in total. The van der Waals surface area contributed by atoms with Crippen molar-refractivity contribution in [3.8, 4) is 0 Å². The molecular weight excluding hydrogens is 238 g/mol. The minimum Gasteiger partial charge on any atom is -0.385 e. The summed E-state index contributed by atoms with van der Waals surface area (Å²) in [5.41, 5.74) is 2.51. The maximum atomic E-state index is 9.79. The average Bonchev–Trinajstić information content (AvgIpc) is 2.17. The van der Waals surface area contributed by atoms with Crippen LogP contribution in [-0.4, -0.2) is 25.3 Å². The summed E-state index contributed by atoms with van der Waals surface area (Å²) in [5.74, 6) is -0.132. The molecule has 0 saturated heterocycles. The van der Waals surface area contributed by atoms with Gasteiger partial charge in [0.15, 0.2) is 0 Å². The van der Waals surface area contributed by atoms with Crippen LogP contribution >= 0.6 is 0 Å². The molecule has 0 spiro atoms. The average molecular weight is 259 g/mol. The largest absolute Gasteiger partial charge is 0.385 e. The van der Waals surface area contributed by atoms with Crippen molar-refractivity contribution in [1.82, 2.24) is 0 Å². The molecule has 1 aromatic carbocycles. The zero-order valence-electron chi connectivity index (χ0n) is 10.6. The third kappa shape index (κ3) is 9.84. The lowest BCUT2D eigenvalue weighted by Crippen LogP contribution is -2.01. The molecule has 0 saturated carbocycles. The van der Waals surface area contributed by atoms with Gasteiger partial charge in [0.25, 0.3) is 10.1 Å². The van der Waals surface area contributed by atoms with Gasteiger partial charge in [0, 0.05) is 12.2 Å². The zero-order chi connectivity index (χ0) is 13.3. The summed E-state index contributed by atoms with van der Waals surface area (Å²) in [6.07, 6.45) is 0.471. The van der Waals surface area contributed by atoms with Crippen LogP contribution in [-0.2, 0) is 10.1 Å². The van der Waals surface area contributed by atoms with E-state index in [-0.39, 0.29) is 5.75 Å². The van der Waals surface area contributed by atoms with Crippen molar-refractivity contribution < 1.29 is 13.0 Å². The molecule has 0 amide bonds. The van der Waals surface area contributed by atoms with Crippen LogP contribution in [0, 0.1) is 6.92 Å². The molecule has 0 aliphatic heterocycles. The molecule has 17 heavy (non-hydrogen) atoms. The molecule has 0 aliphatic rings. The summed E-state index contributed by atoms with van der Waals surface area (Å²) in [6, 6.07) is 8.38. The highest BCUT2D eigenvalue weighted by molar-refractivity contribution is 7.85. The molecule has 0 unspecified atom stereocenters. The van der Waals surface area contributed by atoms with Gasteiger partial charge >= 0.3 is 0 Å². The first-order valence-corrected chi connectivity index (χ1v) is 7.25. The smallest absolute Gasteiger partial charge is 0.264 e. The lowest BCUT2D eigenvalue weighted by atomic mass is 10.2. The van der Waals surface area contributed by atoms with Crippen molar-refractivity contribution in [3.05, 3.63) is 29.8 Å². The molecule has 98 valence electrons. The zero-order valence-corrected chi connectivity index (χ0v) is 11.4. The molecule has 0 bridgehead atoms. The van der Waals surface area contributed by atoms with Crippen molar-refractivity contribution >= 4 is 15.8 Å². The Morgan fingerprint density at radius 1 is 1.29 bits per heavy atom. The Bertz CT molecular complexity index is 416. The van der Waals surface area contributed by atoms with Crippen LogP contribution in [0.1, 0.15) is 25.8 Å². The summed E-state index contributed by atoms with van der Waals surface area (Å²) >= 11 is 0. The van der Waals surface area contributed by atoms with Crippen molar-refractivity contribution in [2.75, 3.05) is 17.6 Å². The van der Waals surface area contributed by atoms with Gasteiger partial charge in [-0.25, -0.2) is 0 Å². The second-order valence-electron chi connectivity index (χ2n) is 3.69. The van der Waals surface area contributed by atoms with Crippen molar-refractivity contribution in [2.24, 2.45) is 0 Å². The van der Waals surface area contributed by atoms with Crippen LogP contribution in [0.4, 0.5) is 5.69 Å². The first kappa shape index (κ1) is 15.9. The summed E-state index contributed by atoms with van der Waals surface area (Å²) in [6.45, 7) is 6.88. The third-order valence-corrected chi connectivity index (χ3v) is 2.79. The normalized spacial score (nSPS) is 10.4. The van der Waals surface area contributed by atoms with Crippen LogP contribution in [0.15, 0.2) is 24.3 Å². The van der Waals surface area contributed by atoms with Crippen molar-refractivity contribution in [3.63, 3.8) is 0 Å². The van der Waals surface area contributed by atoms with Crippen LogP contribution < -0.4 is 5.32 Å². The van der Waals surface area contributed by atoms with Gasteiger partial charge < -0.3 is 5.32 Å². The van der Waals surface area contributed by atoms with Gasteiger partial charge in [0.1, 0.15) is 0 Å². The fourth-order valence-electron chi connectivity index (χ4n) is 1.22. The predicted molar refractivity (Wildman–Crippen MR) is 72.0 cm³/mol. The molecule has 0 fully saturated rings. The highest BCUT2D eigenvalue weighted by atomic mass is 32.2. The van der Waals surface area contributed by atoms with E-state index < -0.39 is 10.1 Å². The monoisotopic (exact) mass is 259 g/mol. The standard InChI is InChI=1S/C9H13N.C3H8O3S/c1-3-10-9-6-4-5-8(2)7-9;1-2-3-7(4,5)6/h4-7,10H,3H2,1-2H3;2-3H2,1H3,(H,4,5,6). The number of anilines is 1. The fourth-order valence-corrected chi connectivity index (χ4v) is 1.73. The van der Waals surface area contributed by atoms with E-state index in [1.807, 2.05) is 0 Å². The minimum absolute atomic E-state index is 0.132. The number of benzene rings is 1. The molecule has 0 aromatic heterocycles. The lowest BCUT2D eigenvalue weighted by Gasteiger charge is -2.02. The molecule has 5 heteroatoms. The predicted octanol–water partition coefficient (Wildman–Crippen LogP) is 2.71. The molecule has 0 aliphatic carbocycles. The maximum Gasteiger partial charge on any atom is 0.264 e. The van der Waals surface area contributed by atoms with E-state index >= 15 is 0 Å². The van der Waals surface area contributed by atoms with Crippen molar-refractivity contribution in [2.45, 2.75) is 27.2 Å². The number of aryl methyl sites for hydroxylation is 1. The van der Waals surface area contributed by atoms with Crippen LogP contribution in [0.25, 0.3) is 0 Å². The quantitative estimate of drug-likeness (QED) is 0.816. The highest BCUT2D eigenvalue weighted by Gasteiger charge is 1.98. The first-order valence-electron chi connectivity index (χ1n) is 5.64. The summed E-state index contributed by atoms with van der Waals surface area (Å²) < 4.78 is 27.6. The molecule has 0 atom stereocenters. The van der Waals surface area contributed by atoms with E-state index in [0.717, 1.165) is 6.54 Å². The Morgan fingerprint density at radius 3 is 2.29 bits per heavy atom. The molecule has 0 radical (unpaired) electrons. The topological polar surface area (TPSA) is 66.4 Å². The van der Waals surface area contributed by atoms with Gasteiger partial charge in [-0.15, -0.1) is 0 Å². The van der Waals surface area contributed by atoms with Gasteiger partial charge in [-0.1, -0.05) is 19.1 Å². The Labute approximate surface area is 104 Å². The summed E-state index contributed by atoms with van der Waals surface area (Å²) in [7, 11) is -3.67.